The van der Waals surface area contributed by atoms with Gasteiger partial charge in [-0.1, -0.05) is 0 Å². The number of methoxy groups -OCH3 is 1. The van der Waals surface area contributed by atoms with E-state index in [1.807, 2.05) is 0 Å². The molecule has 0 aromatic carbocycles. The molecule has 0 aliphatic carbocycles. The highest BCUT2D eigenvalue weighted by molar-refractivity contribution is 5.88. The van der Waals surface area contributed by atoms with Crippen LogP contribution in [0.4, 0.5) is 5.95 Å². The van der Waals surface area contributed by atoms with E-state index in [4.69, 9.17) is 9.84 Å². The van der Waals surface area contributed by atoms with E-state index < -0.39 is 5.97 Å². The molecule has 0 amide bonds. The quantitative estimate of drug-likeness (QED) is 0.763. The van der Waals surface area contributed by atoms with Gasteiger partial charge in [-0.2, -0.15) is 0 Å². The number of nitrogens with zero attached hydrogens (tertiary/aromatic N) is 4. The summed E-state index contributed by atoms with van der Waals surface area (Å²) in [6.45, 7) is 2.68. The molecule has 0 unspecified atom stereocenters. The van der Waals surface area contributed by atoms with Gasteiger partial charge in [-0.3, -0.25) is 4.98 Å². The third-order valence-corrected chi connectivity index (χ3v) is 4.67. The smallest absolute Gasteiger partial charge is 0.335 e. The van der Waals surface area contributed by atoms with Crippen LogP contribution in [0.15, 0.2) is 30.6 Å². The lowest BCUT2D eigenvalue weighted by molar-refractivity contribution is 0.0697. The van der Waals surface area contributed by atoms with E-state index in [2.05, 4.69) is 19.9 Å². The normalized spacial score (nSPS) is 17.3. The van der Waals surface area contributed by atoms with Crippen LogP contribution >= 0.6 is 0 Å². The van der Waals surface area contributed by atoms with E-state index in [0.29, 0.717) is 23.3 Å². The molecule has 3 heterocycles. The molecule has 2 aromatic heterocycles. The monoisotopic (exact) mass is 356 g/mol. The van der Waals surface area contributed by atoms with Crippen molar-refractivity contribution in [1.82, 2.24) is 15.0 Å². The molecule has 0 spiro atoms. The summed E-state index contributed by atoms with van der Waals surface area (Å²) in [6.07, 6.45) is 7.77. The third kappa shape index (κ3) is 4.54. The lowest BCUT2D eigenvalue weighted by atomic mass is 9.94. The maximum absolute atomic E-state index is 11.2. The Hall–Kier alpha value is -2.54. The molecule has 3 rings (SSSR count). The first kappa shape index (κ1) is 18.3. The highest BCUT2D eigenvalue weighted by Gasteiger charge is 2.22. The Balaban J connectivity index is 1.74. The zero-order valence-electron chi connectivity index (χ0n) is 15.0. The van der Waals surface area contributed by atoms with Gasteiger partial charge in [0.25, 0.3) is 0 Å². The van der Waals surface area contributed by atoms with E-state index >= 15 is 0 Å². The Morgan fingerprint density at radius 3 is 2.96 bits per heavy atom. The van der Waals surface area contributed by atoms with Crippen molar-refractivity contribution in [2.75, 3.05) is 31.7 Å². The zero-order chi connectivity index (χ0) is 18.4. The van der Waals surface area contributed by atoms with Gasteiger partial charge in [0, 0.05) is 39.2 Å². The molecular formula is C19H24N4O3. The molecule has 1 aliphatic heterocycles. The molecule has 2 aromatic rings. The Morgan fingerprint density at radius 1 is 1.31 bits per heavy atom. The van der Waals surface area contributed by atoms with E-state index in [0.717, 1.165) is 39.0 Å². The van der Waals surface area contributed by atoms with Crippen molar-refractivity contribution in [1.29, 1.82) is 0 Å². The second-order valence-corrected chi connectivity index (χ2v) is 6.57. The Labute approximate surface area is 153 Å². The number of carboxylic acids is 1. The van der Waals surface area contributed by atoms with Crippen LogP contribution < -0.4 is 4.90 Å². The number of hydrogen-bond donors (Lipinski definition) is 1. The number of hydrogen-bond acceptors (Lipinski definition) is 6. The largest absolute Gasteiger partial charge is 0.478 e. The number of aromatic carboxylic acids is 1. The molecule has 138 valence electrons. The third-order valence-electron chi connectivity index (χ3n) is 4.67. The Kier molecular flexibility index (Phi) is 6.12. The van der Waals surface area contributed by atoms with Gasteiger partial charge in [-0.15, -0.1) is 0 Å². The van der Waals surface area contributed by atoms with E-state index in [1.54, 1.807) is 19.4 Å². The van der Waals surface area contributed by atoms with Crippen LogP contribution in [-0.4, -0.2) is 52.8 Å². The number of carboxylic acid groups (broad SMARTS) is 1. The predicted octanol–water partition coefficient (Wildman–Crippen LogP) is 2.88. The van der Waals surface area contributed by atoms with Crippen LogP contribution in [0.1, 0.15) is 36.0 Å². The van der Waals surface area contributed by atoms with Crippen molar-refractivity contribution in [3.05, 3.63) is 36.2 Å². The van der Waals surface area contributed by atoms with Crippen LogP contribution in [0.25, 0.3) is 11.4 Å². The number of pyridine rings is 1. The number of aromatic nitrogens is 3. The summed E-state index contributed by atoms with van der Waals surface area (Å²) in [5.74, 6) is 0.332. The Bertz CT molecular complexity index is 753. The van der Waals surface area contributed by atoms with Gasteiger partial charge in [0.1, 0.15) is 0 Å². The molecular weight excluding hydrogens is 332 g/mol. The summed E-state index contributed by atoms with van der Waals surface area (Å²) in [4.78, 5) is 26.7. The maximum Gasteiger partial charge on any atom is 0.335 e. The number of piperidine rings is 1. The van der Waals surface area contributed by atoms with Gasteiger partial charge in [0.05, 0.1) is 17.0 Å². The fourth-order valence-electron chi connectivity index (χ4n) is 3.35. The Morgan fingerprint density at radius 2 is 2.15 bits per heavy atom. The highest BCUT2D eigenvalue weighted by atomic mass is 16.5. The average molecular weight is 356 g/mol. The molecule has 7 heteroatoms. The van der Waals surface area contributed by atoms with E-state index in [9.17, 15) is 4.79 Å². The van der Waals surface area contributed by atoms with Crippen LogP contribution in [0, 0.1) is 5.92 Å². The average Bonchev–Trinajstić information content (AvgIpc) is 2.69. The molecule has 1 saturated heterocycles. The van der Waals surface area contributed by atoms with Gasteiger partial charge in [-0.05, 0) is 49.8 Å². The minimum atomic E-state index is -0.974. The summed E-state index contributed by atoms with van der Waals surface area (Å²) in [7, 11) is 1.74. The van der Waals surface area contributed by atoms with Crippen molar-refractivity contribution < 1.29 is 14.6 Å². The number of carbonyl (C=O) groups is 1. The summed E-state index contributed by atoms with van der Waals surface area (Å²) >= 11 is 0. The van der Waals surface area contributed by atoms with E-state index in [1.165, 1.54) is 24.8 Å². The second-order valence-electron chi connectivity index (χ2n) is 6.57. The number of ether oxygens (including phenoxy) is 1. The fourth-order valence-corrected chi connectivity index (χ4v) is 3.35. The van der Waals surface area contributed by atoms with Gasteiger partial charge >= 0.3 is 5.97 Å². The molecule has 1 N–H and O–H groups in total. The van der Waals surface area contributed by atoms with Gasteiger partial charge in [-0.25, -0.2) is 14.8 Å². The molecule has 1 atom stereocenters. The molecule has 1 fully saturated rings. The standard InChI is InChI=1S/C19H24N4O3/c1-26-11-3-5-14-4-2-10-23(13-14)19-21-9-7-16(22-19)17-12-15(18(24)25)6-8-20-17/h6-9,12,14H,2-5,10-11,13H2,1H3,(H,24,25)/t14-/m0/s1. The molecule has 26 heavy (non-hydrogen) atoms. The highest BCUT2D eigenvalue weighted by Crippen LogP contribution is 2.25. The fraction of sp³-hybridized carbons (Fsp3) is 0.474. The summed E-state index contributed by atoms with van der Waals surface area (Å²) in [5, 5.41) is 9.15. The van der Waals surface area contributed by atoms with Crippen molar-refractivity contribution in [3.8, 4) is 11.4 Å². The topological polar surface area (TPSA) is 88.4 Å². The van der Waals surface area contributed by atoms with Crippen molar-refractivity contribution >= 4 is 11.9 Å². The van der Waals surface area contributed by atoms with Crippen molar-refractivity contribution in [2.45, 2.75) is 25.7 Å². The minimum Gasteiger partial charge on any atom is -0.478 e. The zero-order valence-corrected chi connectivity index (χ0v) is 15.0. The lowest BCUT2D eigenvalue weighted by Crippen LogP contribution is -2.36. The lowest BCUT2D eigenvalue weighted by Gasteiger charge is -2.32. The minimum absolute atomic E-state index is 0.200. The van der Waals surface area contributed by atoms with Crippen LogP contribution in [-0.2, 0) is 4.74 Å². The first-order valence-corrected chi connectivity index (χ1v) is 8.94. The summed E-state index contributed by atoms with van der Waals surface area (Å²) in [6, 6.07) is 4.78. The van der Waals surface area contributed by atoms with Crippen molar-refractivity contribution in [2.24, 2.45) is 5.92 Å². The molecule has 7 nitrogen and oxygen atoms in total. The van der Waals surface area contributed by atoms with Crippen LogP contribution in [0.2, 0.25) is 0 Å². The van der Waals surface area contributed by atoms with Gasteiger partial charge < -0.3 is 14.7 Å². The van der Waals surface area contributed by atoms with Gasteiger partial charge in [0.2, 0.25) is 5.95 Å². The molecule has 1 aliphatic rings. The van der Waals surface area contributed by atoms with Gasteiger partial charge in [0.15, 0.2) is 0 Å². The maximum atomic E-state index is 11.2. The molecule has 0 bridgehead atoms. The molecule has 0 radical (unpaired) electrons. The SMILES string of the molecule is COCCC[C@@H]1CCCN(c2nccc(-c3cc(C(=O)O)ccn3)n2)C1. The van der Waals surface area contributed by atoms with Crippen LogP contribution in [0.3, 0.4) is 0 Å². The second kappa shape index (κ2) is 8.71. The molecule has 0 saturated carbocycles. The number of rotatable bonds is 7. The van der Waals surface area contributed by atoms with Crippen LogP contribution in [0.5, 0.6) is 0 Å². The van der Waals surface area contributed by atoms with E-state index in [-0.39, 0.29) is 5.56 Å². The van der Waals surface area contributed by atoms with Crippen molar-refractivity contribution in [3.63, 3.8) is 0 Å². The first-order valence-electron chi connectivity index (χ1n) is 8.94. The summed E-state index contributed by atoms with van der Waals surface area (Å²) in [5.41, 5.74) is 1.38. The summed E-state index contributed by atoms with van der Waals surface area (Å²) < 4.78 is 5.15. The number of anilines is 1. The predicted molar refractivity (Wildman–Crippen MR) is 98.3 cm³/mol. The first-order chi connectivity index (χ1) is 12.7.